The van der Waals surface area contributed by atoms with Crippen LogP contribution in [0.2, 0.25) is 5.28 Å². The van der Waals surface area contributed by atoms with Gasteiger partial charge in [0.25, 0.3) is 0 Å². The number of phenols is 1. The minimum absolute atomic E-state index is 0. The van der Waals surface area contributed by atoms with Crippen molar-refractivity contribution in [1.29, 1.82) is 0 Å². The smallest absolute Gasteiger partial charge is 0.744 e. The third-order valence-corrected chi connectivity index (χ3v) is 11.2. The van der Waals surface area contributed by atoms with Crippen LogP contribution in [0, 0.1) is 0 Å². The van der Waals surface area contributed by atoms with E-state index in [1.165, 1.54) is 24.3 Å². The van der Waals surface area contributed by atoms with Crippen molar-refractivity contribution in [2.75, 3.05) is 10.6 Å². The number of aromatic carboxylic acids is 1. The van der Waals surface area contributed by atoms with E-state index in [4.69, 9.17) is 11.6 Å². The van der Waals surface area contributed by atoms with E-state index in [2.05, 4.69) is 35.8 Å². The van der Waals surface area contributed by atoms with Crippen LogP contribution in [0.4, 0.5) is 34.6 Å². The summed E-state index contributed by atoms with van der Waals surface area (Å²) in [6, 6.07) is 11.9. The van der Waals surface area contributed by atoms with E-state index in [0.717, 1.165) is 18.2 Å². The molecule has 5 aromatic carbocycles. The summed E-state index contributed by atoms with van der Waals surface area (Å²) in [6.45, 7) is 0. The van der Waals surface area contributed by atoms with Gasteiger partial charge >= 0.3 is 148 Å². The Hall–Kier alpha value is -0.970. The minimum Gasteiger partial charge on any atom is -0.744 e. The number of carbonyl (C=O) groups excluding carboxylic acids is 1. The Labute approximate surface area is 466 Å². The molecule has 62 heavy (non-hydrogen) atoms. The molecule has 32 heteroatoms. The zero-order valence-electron chi connectivity index (χ0n) is 32.3. The molecule has 0 aliphatic rings. The number of azo groups is 1. The average molecular weight is 992 g/mol. The van der Waals surface area contributed by atoms with Gasteiger partial charge < -0.3 is 43.9 Å². The Balaban J connectivity index is 0.00000384. The fourth-order valence-electron chi connectivity index (χ4n) is 5.33. The van der Waals surface area contributed by atoms with Gasteiger partial charge in [-0.05, 0) is 64.8 Å². The molecule has 0 aliphatic heterocycles. The topological polar surface area (TPSA) is 377 Å². The number of nitrogens with zero attached hydrogens (tertiary/aromatic N) is 5. The first-order valence-electron chi connectivity index (χ1n) is 14.8. The number of carboxylic acids is 1. The monoisotopic (exact) mass is 991 g/mol. The van der Waals surface area contributed by atoms with Crippen LogP contribution < -0.4 is 164 Å². The zero-order chi connectivity index (χ0) is 41.8. The summed E-state index contributed by atoms with van der Waals surface area (Å²) in [5, 5.41) is 33.6. The van der Waals surface area contributed by atoms with Crippen molar-refractivity contribution in [3.63, 3.8) is 0 Å². The predicted molar refractivity (Wildman–Crippen MR) is 188 cm³/mol. The second-order valence-electron chi connectivity index (χ2n) is 11.3. The fraction of sp³-hybridized carbons (Fsp3) is 0. The van der Waals surface area contributed by atoms with E-state index in [0.29, 0.717) is 24.3 Å². The van der Waals surface area contributed by atoms with E-state index in [9.17, 15) is 66.9 Å². The van der Waals surface area contributed by atoms with E-state index in [1.807, 2.05) is 0 Å². The molecule has 1 aromatic heterocycles. The quantitative estimate of drug-likeness (QED) is 0.0616. The Morgan fingerprint density at radius 3 is 1.76 bits per heavy atom. The molecule has 0 saturated carbocycles. The fourth-order valence-corrected chi connectivity index (χ4v) is 7.98. The van der Waals surface area contributed by atoms with Crippen molar-refractivity contribution in [3.8, 4) is 5.75 Å². The van der Waals surface area contributed by atoms with Crippen molar-refractivity contribution >= 4 is 114 Å². The van der Waals surface area contributed by atoms with Gasteiger partial charge in [0, 0.05) is 16.3 Å². The Bertz CT molecular complexity index is 3230. The number of fused-ring (bicyclic) bond motifs is 2. The Morgan fingerprint density at radius 2 is 1.21 bits per heavy atom. The van der Waals surface area contributed by atoms with Gasteiger partial charge in [0.2, 0.25) is 17.2 Å². The van der Waals surface area contributed by atoms with Gasteiger partial charge in [-0.2, -0.15) is 15.0 Å². The summed E-state index contributed by atoms with van der Waals surface area (Å²) in [5.41, 5.74) is -3.69. The molecule has 0 atom stereocenters. The largest absolute Gasteiger partial charge is 1.00 e. The second-order valence-corrected chi connectivity index (χ2v) is 17.1. The number of aromatic nitrogens is 3. The number of rotatable bonds is 11. The number of phenolic OH excluding ortho intramolecular Hbond substituents is 1. The normalized spacial score (nSPS) is 11.6. The first-order chi connectivity index (χ1) is 26.4. The molecule has 3 N–H and O–H groups in total. The van der Waals surface area contributed by atoms with Crippen LogP contribution in [0.5, 0.6) is 5.75 Å². The summed E-state index contributed by atoms with van der Waals surface area (Å²) in [4.78, 5) is 19.0. The third kappa shape index (κ3) is 13.6. The van der Waals surface area contributed by atoms with Crippen molar-refractivity contribution < 1.29 is 215 Å². The summed E-state index contributed by atoms with van der Waals surface area (Å²) in [6.07, 6.45) is 0. The van der Waals surface area contributed by atoms with Crippen LogP contribution in [0.25, 0.3) is 21.5 Å². The first kappa shape index (κ1) is 59.0. The molecule has 0 spiro atoms. The summed E-state index contributed by atoms with van der Waals surface area (Å²) < 4.78 is 145. The average Bonchev–Trinajstić information content (AvgIpc) is 3.08. The van der Waals surface area contributed by atoms with Crippen molar-refractivity contribution in [2.24, 2.45) is 10.2 Å². The molecule has 0 radical (unpaired) electrons. The molecule has 0 bridgehead atoms. The predicted octanol–water partition coefficient (Wildman–Crippen LogP) is -12.6. The second kappa shape index (κ2) is 22.7. The number of carboxylic acid groups (broad SMARTS) is 1. The van der Waals surface area contributed by atoms with Crippen LogP contribution in [-0.4, -0.2) is 77.9 Å². The van der Waals surface area contributed by atoms with Crippen LogP contribution in [0.1, 0.15) is 10.4 Å². The van der Waals surface area contributed by atoms with Crippen molar-refractivity contribution in [2.45, 2.75) is 19.6 Å². The van der Waals surface area contributed by atoms with Crippen molar-refractivity contribution in [1.82, 2.24) is 15.0 Å². The van der Waals surface area contributed by atoms with E-state index < -0.39 is 128 Å². The molecular formula is C30H15ClN7Na5O15S4. The Kier molecular flexibility index (Phi) is 21.6. The minimum atomic E-state index is -5.65. The molecule has 0 unspecified atom stereocenters. The van der Waals surface area contributed by atoms with Gasteiger partial charge in [-0.15, -0.1) is 10.2 Å². The summed E-state index contributed by atoms with van der Waals surface area (Å²) in [5.74, 6) is -4.43. The van der Waals surface area contributed by atoms with Crippen LogP contribution in [0.15, 0.2) is 103 Å². The van der Waals surface area contributed by atoms with Crippen LogP contribution in [-0.2, 0) is 40.5 Å². The standard InChI is InChI=1S/C30H20ClN7O15S4.5Na/c31-28-34-29(32-19-8-6-15(54(42,43)44)11-18(19)27(40)41)36-30(35-28)33-21-12-16(55(45,46)47)9-14-10-22(56(48,49)50)24(25(39)23(14)21)38-37-20-7-5-13-3-1-2-4-17(13)26(20)57(51,52)53;;;;;/h1-12,39H,(H,40,41)(H,42,43,44)(H,45,46,47)(H,48,49,50)(H,51,52,53)(H2,32,33,34,35,36);;;;;/q;5*+1/p-5. The Morgan fingerprint density at radius 1 is 0.629 bits per heavy atom. The molecule has 0 amide bonds. The van der Waals surface area contributed by atoms with Gasteiger partial charge in [0.15, 0.2) is 5.75 Å². The van der Waals surface area contributed by atoms with Gasteiger partial charge in [0.1, 0.15) is 51.8 Å². The molecule has 6 aromatic rings. The van der Waals surface area contributed by atoms with Gasteiger partial charge in [-0.1, -0.05) is 30.3 Å². The number of nitrogens with one attached hydrogen (secondary N) is 2. The summed E-state index contributed by atoms with van der Waals surface area (Å²) >= 11 is 6.02. The van der Waals surface area contributed by atoms with Crippen molar-refractivity contribution in [3.05, 3.63) is 83.6 Å². The number of benzene rings is 5. The van der Waals surface area contributed by atoms with Crippen LogP contribution >= 0.6 is 11.6 Å². The molecule has 0 fully saturated rings. The number of carbonyl (C=O) groups is 1. The number of hydrogen-bond donors (Lipinski definition) is 3. The molecule has 22 nitrogen and oxygen atoms in total. The summed E-state index contributed by atoms with van der Waals surface area (Å²) in [7, 11) is -21.5. The maximum atomic E-state index is 12.4. The number of hydrogen-bond acceptors (Lipinski definition) is 22. The number of halogens is 1. The SMILES string of the molecule is O=C([O-])c1cc(S(=O)(=O)[O-])ccc1Nc1nc(Cl)nc(Nc2cc(S(=O)(=O)[O-])cc3cc(S(=O)(=O)[O-])c(N=Nc4ccc5ccccc5c4S(=O)(=O)[O-])c(O)c23)n1.[Na+].[Na+].[Na+].[Na+].[Na+]. The molecule has 0 saturated heterocycles. The van der Waals surface area contributed by atoms with Gasteiger partial charge in [-0.25, -0.2) is 33.7 Å². The first-order valence-corrected chi connectivity index (χ1v) is 20.8. The number of anilines is 4. The molecule has 0 aliphatic carbocycles. The maximum Gasteiger partial charge on any atom is 1.00 e. The van der Waals surface area contributed by atoms with Gasteiger partial charge in [-0.3, -0.25) is 0 Å². The maximum absolute atomic E-state index is 12.4. The third-order valence-electron chi connectivity index (χ3n) is 7.65. The van der Waals surface area contributed by atoms with Gasteiger partial charge in [0.05, 0.1) is 36.9 Å². The molecular weight excluding hydrogens is 977 g/mol. The molecule has 6 rings (SSSR count). The van der Waals surface area contributed by atoms with E-state index >= 15 is 0 Å². The molecule has 296 valence electrons. The number of aromatic hydroxyl groups is 1. The zero-order valence-corrected chi connectivity index (χ0v) is 46.4. The van der Waals surface area contributed by atoms with E-state index in [-0.39, 0.29) is 159 Å². The van der Waals surface area contributed by atoms with Crippen LogP contribution in [0.3, 0.4) is 0 Å². The molecule has 1 heterocycles. The van der Waals surface area contributed by atoms with E-state index in [1.54, 1.807) is 6.07 Å².